The van der Waals surface area contributed by atoms with Gasteiger partial charge in [0.1, 0.15) is 0 Å². The Morgan fingerprint density at radius 2 is 1.14 bits per heavy atom. The van der Waals surface area contributed by atoms with Crippen LogP contribution in [0.15, 0.2) is 58.3 Å². The van der Waals surface area contributed by atoms with E-state index < -0.39 is 0 Å². The number of benzene rings is 2. The van der Waals surface area contributed by atoms with Crippen LogP contribution in [0.4, 0.5) is 0 Å². The van der Waals surface area contributed by atoms with Crippen molar-refractivity contribution in [1.82, 2.24) is 10.6 Å². The van der Waals surface area contributed by atoms with Crippen LogP contribution in [0.25, 0.3) is 0 Å². The predicted octanol–water partition coefficient (Wildman–Crippen LogP) is 3.24. The number of nitrogens with one attached hydrogen (secondary N) is 2. The van der Waals surface area contributed by atoms with Crippen molar-refractivity contribution in [2.45, 2.75) is 9.79 Å². The number of ether oxygens (including phenoxy) is 2. The van der Waals surface area contributed by atoms with Crippen molar-refractivity contribution in [2.75, 3.05) is 40.5 Å². The minimum absolute atomic E-state index is 0.147. The maximum absolute atomic E-state index is 12.4. The van der Waals surface area contributed by atoms with Crippen molar-refractivity contribution in [3.8, 4) is 0 Å². The number of carbonyl (C=O) groups is 2. The first-order chi connectivity index (χ1) is 13.7. The molecule has 0 aliphatic rings. The highest BCUT2D eigenvalue weighted by molar-refractivity contribution is 8.76. The average molecular weight is 421 g/mol. The molecule has 0 aliphatic heterocycles. The van der Waals surface area contributed by atoms with Gasteiger partial charge in [0.25, 0.3) is 11.8 Å². The molecule has 0 aliphatic carbocycles. The predicted molar refractivity (Wildman–Crippen MR) is 113 cm³/mol. The quantitative estimate of drug-likeness (QED) is 0.429. The first-order valence-corrected chi connectivity index (χ1v) is 10.9. The van der Waals surface area contributed by atoms with E-state index in [2.05, 4.69) is 10.6 Å². The lowest BCUT2D eigenvalue weighted by Crippen LogP contribution is -2.27. The molecule has 28 heavy (non-hydrogen) atoms. The van der Waals surface area contributed by atoms with Crippen LogP contribution in [-0.4, -0.2) is 52.3 Å². The molecule has 0 fully saturated rings. The summed E-state index contributed by atoms with van der Waals surface area (Å²) in [5, 5.41) is 5.67. The Morgan fingerprint density at radius 3 is 1.54 bits per heavy atom. The fourth-order valence-electron chi connectivity index (χ4n) is 2.27. The molecule has 6 nitrogen and oxygen atoms in total. The Hall–Kier alpha value is -2.00. The van der Waals surface area contributed by atoms with Gasteiger partial charge in [0.15, 0.2) is 0 Å². The van der Waals surface area contributed by atoms with Crippen molar-refractivity contribution in [2.24, 2.45) is 0 Å². The second-order valence-electron chi connectivity index (χ2n) is 5.66. The highest BCUT2D eigenvalue weighted by Gasteiger charge is 2.15. The topological polar surface area (TPSA) is 76.7 Å². The molecule has 2 aromatic carbocycles. The van der Waals surface area contributed by atoms with Crippen LogP contribution in [0, 0.1) is 0 Å². The summed E-state index contributed by atoms with van der Waals surface area (Å²) in [6, 6.07) is 14.8. The Balaban J connectivity index is 2.07. The molecule has 8 heteroatoms. The lowest BCUT2D eigenvalue weighted by molar-refractivity contribution is 0.0926. The van der Waals surface area contributed by atoms with E-state index in [-0.39, 0.29) is 11.8 Å². The third-order valence-electron chi connectivity index (χ3n) is 3.67. The lowest BCUT2D eigenvalue weighted by Gasteiger charge is -2.11. The van der Waals surface area contributed by atoms with Gasteiger partial charge < -0.3 is 20.1 Å². The zero-order chi connectivity index (χ0) is 20.2. The zero-order valence-electron chi connectivity index (χ0n) is 15.9. The Morgan fingerprint density at radius 1 is 0.750 bits per heavy atom. The number of amides is 2. The molecule has 0 atom stereocenters. The molecular weight excluding hydrogens is 396 g/mol. The zero-order valence-corrected chi connectivity index (χ0v) is 17.5. The summed E-state index contributed by atoms with van der Waals surface area (Å²) < 4.78 is 9.93. The van der Waals surface area contributed by atoms with Gasteiger partial charge in [-0.2, -0.15) is 0 Å². The van der Waals surface area contributed by atoms with Gasteiger partial charge in [0.2, 0.25) is 0 Å². The molecule has 2 rings (SSSR count). The van der Waals surface area contributed by atoms with Crippen LogP contribution >= 0.6 is 21.6 Å². The molecule has 0 spiro atoms. The first kappa shape index (κ1) is 22.3. The Bertz CT molecular complexity index is 721. The average Bonchev–Trinajstić information content (AvgIpc) is 2.73. The summed E-state index contributed by atoms with van der Waals surface area (Å²) in [7, 11) is 6.08. The molecule has 2 amide bonds. The second-order valence-corrected chi connectivity index (χ2v) is 7.87. The molecule has 0 radical (unpaired) electrons. The van der Waals surface area contributed by atoms with Gasteiger partial charge in [-0.1, -0.05) is 45.9 Å². The number of methoxy groups -OCH3 is 2. The summed E-state index contributed by atoms with van der Waals surface area (Å²) in [5.74, 6) is -0.294. The van der Waals surface area contributed by atoms with Gasteiger partial charge in [-0.25, -0.2) is 0 Å². The Kier molecular flexibility index (Phi) is 9.92. The van der Waals surface area contributed by atoms with E-state index >= 15 is 0 Å². The van der Waals surface area contributed by atoms with E-state index in [1.165, 1.54) is 21.6 Å². The molecule has 0 saturated carbocycles. The molecule has 0 aromatic heterocycles. The highest BCUT2D eigenvalue weighted by Crippen LogP contribution is 2.40. The fraction of sp³-hybridized carbons (Fsp3) is 0.300. The van der Waals surface area contributed by atoms with Crippen LogP contribution in [0.2, 0.25) is 0 Å². The molecule has 2 N–H and O–H groups in total. The van der Waals surface area contributed by atoms with E-state index in [1.807, 2.05) is 36.4 Å². The maximum atomic E-state index is 12.4. The number of hydrogen-bond acceptors (Lipinski definition) is 6. The van der Waals surface area contributed by atoms with E-state index in [1.54, 1.807) is 26.4 Å². The van der Waals surface area contributed by atoms with Crippen LogP contribution in [-0.2, 0) is 9.47 Å². The van der Waals surface area contributed by atoms with Gasteiger partial charge in [-0.05, 0) is 24.3 Å². The van der Waals surface area contributed by atoms with Crippen LogP contribution < -0.4 is 10.6 Å². The summed E-state index contributed by atoms with van der Waals surface area (Å²) in [4.78, 5) is 26.5. The molecule has 0 bridgehead atoms. The summed E-state index contributed by atoms with van der Waals surface area (Å²) in [6.07, 6.45) is 0. The summed E-state index contributed by atoms with van der Waals surface area (Å²) in [6.45, 7) is 1.82. The SMILES string of the molecule is COCCNC(=O)c1ccccc1SSc1ccccc1C(=O)NCCOC. The lowest BCUT2D eigenvalue weighted by atomic mass is 10.2. The maximum Gasteiger partial charge on any atom is 0.252 e. The number of rotatable bonds is 11. The summed E-state index contributed by atoms with van der Waals surface area (Å²) in [5.41, 5.74) is 1.19. The number of hydrogen-bond donors (Lipinski definition) is 2. The van der Waals surface area contributed by atoms with Crippen LogP contribution in [0.5, 0.6) is 0 Å². The molecule has 0 saturated heterocycles. The van der Waals surface area contributed by atoms with Gasteiger partial charge >= 0.3 is 0 Å². The second kappa shape index (κ2) is 12.5. The van der Waals surface area contributed by atoms with Crippen molar-refractivity contribution < 1.29 is 19.1 Å². The minimum atomic E-state index is -0.147. The normalized spacial score (nSPS) is 10.5. The third-order valence-corrected chi connectivity index (χ3v) is 6.15. The van der Waals surface area contributed by atoms with E-state index in [0.29, 0.717) is 37.4 Å². The van der Waals surface area contributed by atoms with Crippen LogP contribution in [0.3, 0.4) is 0 Å². The van der Waals surface area contributed by atoms with Crippen molar-refractivity contribution in [3.05, 3.63) is 59.7 Å². The molecule has 0 unspecified atom stereocenters. The van der Waals surface area contributed by atoms with E-state index in [0.717, 1.165) is 9.79 Å². The molecule has 2 aromatic rings. The van der Waals surface area contributed by atoms with Crippen molar-refractivity contribution in [3.63, 3.8) is 0 Å². The van der Waals surface area contributed by atoms with Gasteiger partial charge in [-0.3, -0.25) is 9.59 Å². The van der Waals surface area contributed by atoms with Gasteiger partial charge in [0.05, 0.1) is 24.3 Å². The van der Waals surface area contributed by atoms with Crippen LogP contribution in [0.1, 0.15) is 20.7 Å². The standard InChI is InChI=1S/C20H24N2O4S2/c1-25-13-11-21-19(23)15-7-3-5-9-17(15)27-28-18-10-6-4-8-16(18)20(24)22-12-14-26-2/h3-10H,11-14H2,1-2H3,(H,21,23)(H,22,24). The first-order valence-electron chi connectivity index (χ1n) is 8.74. The molecule has 0 heterocycles. The largest absolute Gasteiger partial charge is 0.383 e. The fourth-order valence-corrected chi connectivity index (χ4v) is 4.63. The van der Waals surface area contributed by atoms with E-state index in [9.17, 15) is 9.59 Å². The van der Waals surface area contributed by atoms with Crippen molar-refractivity contribution >= 4 is 33.4 Å². The van der Waals surface area contributed by atoms with Gasteiger partial charge in [-0.15, -0.1) is 0 Å². The molecular formula is C20H24N2O4S2. The monoisotopic (exact) mass is 420 g/mol. The minimum Gasteiger partial charge on any atom is -0.383 e. The van der Waals surface area contributed by atoms with Crippen molar-refractivity contribution in [1.29, 1.82) is 0 Å². The highest BCUT2D eigenvalue weighted by atomic mass is 33.1. The Labute approximate surface area is 173 Å². The summed E-state index contributed by atoms with van der Waals surface area (Å²) >= 11 is 0. The smallest absolute Gasteiger partial charge is 0.252 e. The molecule has 150 valence electrons. The van der Waals surface area contributed by atoms with Gasteiger partial charge in [0, 0.05) is 37.1 Å². The third kappa shape index (κ3) is 6.87. The van der Waals surface area contributed by atoms with E-state index in [4.69, 9.17) is 9.47 Å². The number of carbonyl (C=O) groups excluding carboxylic acids is 2.